The molecule has 0 heterocycles. The van der Waals surface area contributed by atoms with Crippen LogP contribution < -0.4 is 14.4 Å². The molecule has 2 aromatic carbocycles. The molecule has 0 aromatic heterocycles. The SMILES string of the molecule is CN(C)c1ccc(Cl)cc1NS(=O)(=O)c1ccccc1OC(F)(F)F. The van der Waals surface area contributed by atoms with Crippen molar-refractivity contribution >= 4 is 33.0 Å². The van der Waals surface area contributed by atoms with E-state index in [9.17, 15) is 21.6 Å². The van der Waals surface area contributed by atoms with Gasteiger partial charge in [0.2, 0.25) is 0 Å². The van der Waals surface area contributed by atoms with E-state index in [4.69, 9.17) is 11.6 Å². The molecule has 0 fully saturated rings. The molecule has 0 spiro atoms. The van der Waals surface area contributed by atoms with Crippen LogP contribution in [0.4, 0.5) is 24.5 Å². The lowest BCUT2D eigenvalue weighted by Gasteiger charge is -2.19. The normalized spacial score (nSPS) is 11.9. The van der Waals surface area contributed by atoms with E-state index in [2.05, 4.69) is 9.46 Å². The van der Waals surface area contributed by atoms with Gasteiger partial charge in [0.25, 0.3) is 10.0 Å². The predicted molar refractivity (Wildman–Crippen MR) is 89.7 cm³/mol. The number of nitrogens with zero attached hydrogens (tertiary/aromatic N) is 1. The minimum atomic E-state index is -5.02. The third-order valence-corrected chi connectivity index (χ3v) is 4.69. The molecule has 1 N–H and O–H groups in total. The summed E-state index contributed by atoms with van der Waals surface area (Å²) in [6, 6.07) is 8.99. The Morgan fingerprint density at radius 3 is 2.36 bits per heavy atom. The molecule has 0 unspecified atom stereocenters. The maximum atomic E-state index is 12.6. The summed E-state index contributed by atoms with van der Waals surface area (Å²) in [6.07, 6.45) is -5.02. The van der Waals surface area contributed by atoms with Gasteiger partial charge in [0, 0.05) is 19.1 Å². The second kappa shape index (κ2) is 7.01. The van der Waals surface area contributed by atoms with E-state index in [1.165, 1.54) is 18.2 Å². The van der Waals surface area contributed by atoms with Gasteiger partial charge in [-0.2, -0.15) is 0 Å². The van der Waals surface area contributed by atoms with Crippen LogP contribution in [0.1, 0.15) is 0 Å². The molecule has 0 bridgehead atoms. The first-order valence-electron chi connectivity index (χ1n) is 6.84. The highest BCUT2D eigenvalue weighted by molar-refractivity contribution is 7.92. The molecule has 0 saturated carbocycles. The number of hydrogen-bond donors (Lipinski definition) is 1. The van der Waals surface area contributed by atoms with Crippen molar-refractivity contribution in [2.75, 3.05) is 23.7 Å². The van der Waals surface area contributed by atoms with E-state index in [1.807, 2.05) is 0 Å². The average molecular weight is 395 g/mol. The second-order valence-electron chi connectivity index (χ2n) is 5.16. The zero-order chi connectivity index (χ0) is 18.8. The average Bonchev–Trinajstić information content (AvgIpc) is 2.45. The number of anilines is 2. The third-order valence-electron chi connectivity index (χ3n) is 3.05. The molecule has 136 valence electrons. The molecule has 0 aliphatic carbocycles. The van der Waals surface area contributed by atoms with Gasteiger partial charge in [0.05, 0.1) is 11.4 Å². The molecule has 0 amide bonds. The van der Waals surface area contributed by atoms with Crippen LogP contribution >= 0.6 is 11.6 Å². The van der Waals surface area contributed by atoms with Crippen LogP contribution in [0.2, 0.25) is 5.02 Å². The van der Waals surface area contributed by atoms with Gasteiger partial charge in [-0.3, -0.25) is 4.72 Å². The van der Waals surface area contributed by atoms with Crippen molar-refractivity contribution in [3.8, 4) is 5.75 Å². The van der Waals surface area contributed by atoms with Gasteiger partial charge in [0.15, 0.2) is 0 Å². The molecular formula is C15H14ClF3N2O3S. The standard InChI is InChI=1S/C15H14ClF3N2O3S/c1-21(2)12-8-7-10(16)9-11(12)20-25(22,23)14-6-4-3-5-13(14)24-15(17,18)19/h3-9,20H,1-2H3. The summed E-state index contributed by atoms with van der Waals surface area (Å²) >= 11 is 5.89. The van der Waals surface area contributed by atoms with Crippen LogP contribution in [0, 0.1) is 0 Å². The van der Waals surface area contributed by atoms with Gasteiger partial charge < -0.3 is 9.64 Å². The molecule has 10 heteroatoms. The fourth-order valence-corrected chi connectivity index (χ4v) is 3.43. The summed E-state index contributed by atoms with van der Waals surface area (Å²) < 4.78 is 68.7. The zero-order valence-corrected chi connectivity index (χ0v) is 14.7. The van der Waals surface area contributed by atoms with Crippen LogP contribution in [0.5, 0.6) is 5.75 Å². The van der Waals surface area contributed by atoms with E-state index < -0.39 is 27.0 Å². The van der Waals surface area contributed by atoms with Crippen LogP contribution in [0.25, 0.3) is 0 Å². The second-order valence-corrected chi connectivity index (χ2v) is 7.24. The number of hydrogen-bond acceptors (Lipinski definition) is 4. The first-order chi connectivity index (χ1) is 11.5. The summed E-state index contributed by atoms with van der Waals surface area (Å²) in [5, 5.41) is 0.267. The van der Waals surface area contributed by atoms with Gasteiger partial charge in [-0.05, 0) is 30.3 Å². The van der Waals surface area contributed by atoms with Crippen molar-refractivity contribution in [3.05, 3.63) is 47.5 Å². The lowest BCUT2D eigenvalue weighted by atomic mass is 10.2. The lowest BCUT2D eigenvalue weighted by Crippen LogP contribution is -2.21. The summed E-state index contributed by atoms with van der Waals surface area (Å²) in [5.74, 6) is -0.823. The zero-order valence-electron chi connectivity index (χ0n) is 13.1. The van der Waals surface area contributed by atoms with Crippen LogP contribution in [-0.4, -0.2) is 28.9 Å². The van der Waals surface area contributed by atoms with Crippen molar-refractivity contribution in [1.82, 2.24) is 0 Å². The van der Waals surface area contributed by atoms with Crippen molar-refractivity contribution in [2.24, 2.45) is 0 Å². The Hall–Kier alpha value is -2.13. The van der Waals surface area contributed by atoms with Gasteiger partial charge >= 0.3 is 6.36 Å². The Bertz CT molecular complexity index is 871. The Morgan fingerprint density at radius 1 is 1.12 bits per heavy atom. The molecular weight excluding hydrogens is 381 g/mol. The van der Waals surface area contributed by atoms with Gasteiger partial charge in [-0.25, -0.2) is 8.42 Å². The Morgan fingerprint density at radius 2 is 1.76 bits per heavy atom. The molecule has 0 saturated heterocycles. The van der Waals surface area contributed by atoms with E-state index in [1.54, 1.807) is 31.1 Å². The van der Waals surface area contributed by atoms with Crippen molar-refractivity contribution < 1.29 is 26.3 Å². The lowest BCUT2D eigenvalue weighted by molar-refractivity contribution is -0.275. The number of para-hydroxylation sites is 1. The minimum Gasteiger partial charge on any atom is -0.404 e. The van der Waals surface area contributed by atoms with Gasteiger partial charge in [-0.1, -0.05) is 23.7 Å². The van der Waals surface area contributed by atoms with Crippen LogP contribution in [0.3, 0.4) is 0 Å². The maximum absolute atomic E-state index is 12.6. The fourth-order valence-electron chi connectivity index (χ4n) is 2.06. The topological polar surface area (TPSA) is 58.6 Å². The quantitative estimate of drug-likeness (QED) is 0.829. The molecule has 0 aliphatic rings. The largest absolute Gasteiger partial charge is 0.573 e. The predicted octanol–water partition coefficient (Wildman–Crippen LogP) is 4.11. The Labute approximate surface area is 148 Å². The minimum absolute atomic E-state index is 0.124. The molecule has 2 aromatic rings. The molecule has 2 rings (SSSR count). The Kier molecular flexibility index (Phi) is 5.38. The monoisotopic (exact) mass is 394 g/mol. The smallest absolute Gasteiger partial charge is 0.404 e. The van der Waals surface area contributed by atoms with Gasteiger partial charge in [-0.15, -0.1) is 13.2 Å². The number of sulfonamides is 1. The molecule has 5 nitrogen and oxygen atoms in total. The van der Waals surface area contributed by atoms with E-state index in [0.29, 0.717) is 5.69 Å². The number of nitrogens with one attached hydrogen (secondary N) is 1. The van der Waals surface area contributed by atoms with Crippen molar-refractivity contribution in [3.63, 3.8) is 0 Å². The number of ether oxygens (including phenoxy) is 1. The van der Waals surface area contributed by atoms with E-state index in [-0.39, 0.29) is 10.7 Å². The van der Waals surface area contributed by atoms with Crippen molar-refractivity contribution in [2.45, 2.75) is 11.3 Å². The number of benzene rings is 2. The number of halogens is 4. The highest BCUT2D eigenvalue weighted by Crippen LogP contribution is 2.33. The van der Waals surface area contributed by atoms with E-state index in [0.717, 1.165) is 12.1 Å². The number of rotatable bonds is 5. The molecule has 25 heavy (non-hydrogen) atoms. The molecule has 0 aliphatic heterocycles. The maximum Gasteiger partial charge on any atom is 0.573 e. The van der Waals surface area contributed by atoms with Crippen molar-refractivity contribution in [1.29, 1.82) is 0 Å². The summed E-state index contributed by atoms with van der Waals surface area (Å²) in [6.45, 7) is 0. The summed E-state index contributed by atoms with van der Waals surface area (Å²) in [4.78, 5) is 0.990. The number of alkyl halides is 3. The first kappa shape index (κ1) is 19.2. The summed E-state index contributed by atoms with van der Waals surface area (Å²) in [7, 11) is -0.985. The first-order valence-corrected chi connectivity index (χ1v) is 8.70. The van der Waals surface area contributed by atoms with E-state index >= 15 is 0 Å². The highest BCUT2D eigenvalue weighted by atomic mass is 35.5. The van der Waals surface area contributed by atoms with Crippen LogP contribution in [0.15, 0.2) is 47.4 Å². The summed E-state index contributed by atoms with van der Waals surface area (Å²) in [5.41, 5.74) is 0.613. The van der Waals surface area contributed by atoms with Crippen LogP contribution in [-0.2, 0) is 10.0 Å². The fraction of sp³-hybridized carbons (Fsp3) is 0.200. The Balaban J connectivity index is 2.47. The molecule has 0 atom stereocenters. The highest BCUT2D eigenvalue weighted by Gasteiger charge is 2.34. The molecule has 0 radical (unpaired) electrons. The van der Waals surface area contributed by atoms with Gasteiger partial charge in [0.1, 0.15) is 10.6 Å². The third kappa shape index (κ3) is 4.93.